The molecule has 0 rings (SSSR count). The van der Waals surface area contributed by atoms with Gasteiger partial charge in [0.05, 0.1) is 0 Å². The van der Waals surface area contributed by atoms with Crippen LogP contribution in [0.15, 0.2) is 24.0 Å². The Morgan fingerprint density at radius 1 is 1.21 bits per heavy atom. The van der Waals surface area contributed by atoms with Gasteiger partial charge in [-0.15, -0.1) is 0 Å². The second kappa shape index (κ2) is 7.85. The zero-order valence-corrected chi connectivity index (χ0v) is 8.15. The molecule has 0 spiro atoms. The summed E-state index contributed by atoms with van der Waals surface area (Å²) in [5.41, 5.74) is 0.176. The standard InChI is InChI=1S/C5H8O3.C4H6O2/c1-2-3-4(6)5(7)8;1-3(2)4(5)6/h3,6H,2H2,1H3,(H,7,8);1H2,2H3,(H,5,6)/b4-3-;. The third-order valence-corrected chi connectivity index (χ3v) is 0.982. The molecule has 80 valence electrons. The second-order valence-corrected chi connectivity index (χ2v) is 2.39. The van der Waals surface area contributed by atoms with Gasteiger partial charge in [-0.05, 0) is 19.4 Å². The third kappa shape index (κ3) is 10.2. The average molecular weight is 202 g/mol. The summed E-state index contributed by atoms with van der Waals surface area (Å²) < 4.78 is 0. The van der Waals surface area contributed by atoms with Crippen LogP contribution in [0.4, 0.5) is 0 Å². The van der Waals surface area contributed by atoms with E-state index in [2.05, 4.69) is 6.58 Å². The SMILES string of the molecule is C=C(C)C(=O)O.CC/C=C(\O)C(=O)O. The Bertz CT molecular complexity index is 240. The molecule has 0 unspecified atom stereocenters. The summed E-state index contributed by atoms with van der Waals surface area (Å²) in [5.74, 6) is -2.78. The maximum Gasteiger partial charge on any atom is 0.370 e. The van der Waals surface area contributed by atoms with E-state index < -0.39 is 17.7 Å². The van der Waals surface area contributed by atoms with Gasteiger partial charge in [0, 0.05) is 5.57 Å². The zero-order chi connectivity index (χ0) is 11.7. The van der Waals surface area contributed by atoms with Gasteiger partial charge in [-0.3, -0.25) is 0 Å². The first-order chi connectivity index (χ1) is 6.32. The van der Waals surface area contributed by atoms with Crippen LogP contribution in [0.1, 0.15) is 20.3 Å². The fraction of sp³-hybridized carbons (Fsp3) is 0.333. The molecule has 0 aromatic heterocycles. The quantitative estimate of drug-likeness (QED) is 0.477. The minimum atomic E-state index is -1.27. The largest absolute Gasteiger partial charge is 0.502 e. The number of hydrogen-bond acceptors (Lipinski definition) is 3. The Labute approximate surface area is 82.0 Å². The van der Waals surface area contributed by atoms with E-state index in [0.717, 1.165) is 0 Å². The molecule has 0 aromatic rings. The summed E-state index contributed by atoms with van der Waals surface area (Å²) >= 11 is 0. The highest BCUT2D eigenvalue weighted by Gasteiger charge is 1.99. The molecule has 0 aliphatic heterocycles. The third-order valence-electron chi connectivity index (χ3n) is 0.982. The van der Waals surface area contributed by atoms with Crippen LogP contribution in [-0.2, 0) is 9.59 Å². The first-order valence-corrected chi connectivity index (χ1v) is 3.84. The second-order valence-electron chi connectivity index (χ2n) is 2.39. The molecule has 0 bridgehead atoms. The lowest BCUT2D eigenvalue weighted by molar-refractivity contribution is -0.135. The number of carbonyl (C=O) groups is 2. The Hall–Kier alpha value is -1.78. The summed E-state index contributed by atoms with van der Waals surface area (Å²) in [4.78, 5) is 19.4. The number of carboxylic acids is 2. The molecule has 5 heteroatoms. The summed E-state index contributed by atoms with van der Waals surface area (Å²) in [6.07, 6.45) is 1.78. The van der Waals surface area contributed by atoms with Gasteiger partial charge < -0.3 is 15.3 Å². The van der Waals surface area contributed by atoms with Crippen LogP contribution in [0.25, 0.3) is 0 Å². The fourth-order valence-corrected chi connectivity index (χ4v) is 0.281. The topological polar surface area (TPSA) is 94.8 Å². The molecule has 0 fully saturated rings. The smallest absolute Gasteiger partial charge is 0.370 e. The van der Waals surface area contributed by atoms with E-state index in [4.69, 9.17) is 15.3 Å². The lowest BCUT2D eigenvalue weighted by Gasteiger charge is -1.86. The van der Waals surface area contributed by atoms with E-state index in [1.165, 1.54) is 13.0 Å². The lowest BCUT2D eigenvalue weighted by Crippen LogP contribution is -1.97. The van der Waals surface area contributed by atoms with Crippen LogP contribution in [0.2, 0.25) is 0 Å². The molecule has 0 aliphatic carbocycles. The number of rotatable bonds is 3. The van der Waals surface area contributed by atoms with Crippen molar-refractivity contribution >= 4 is 11.9 Å². The van der Waals surface area contributed by atoms with Gasteiger partial charge in [0.1, 0.15) is 0 Å². The van der Waals surface area contributed by atoms with Crippen molar-refractivity contribution in [3.8, 4) is 0 Å². The van der Waals surface area contributed by atoms with Crippen LogP contribution >= 0.6 is 0 Å². The molecule has 0 aromatic carbocycles. The Morgan fingerprint density at radius 3 is 1.64 bits per heavy atom. The summed E-state index contributed by atoms with van der Waals surface area (Å²) in [5, 5.41) is 24.3. The summed E-state index contributed by atoms with van der Waals surface area (Å²) in [6, 6.07) is 0. The molecule has 0 saturated heterocycles. The molecular formula is C9H14O5. The van der Waals surface area contributed by atoms with Crippen LogP contribution in [0.3, 0.4) is 0 Å². The fourth-order valence-electron chi connectivity index (χ4n) is 0.281. The van der Waals surface area contributed by atoms with E-state index in [9.17, 15) is 9.59 Å². The van der Waals surface area contributed by atoms with Crippen LogP contribution in [0, 0.1) is 0 Å². The molecule has 0 radical (unpaired) electrons. The number of aliphatic hydroxyl groups excluding tert-OH is 1. The Morgan fingerprint density at radius 2 is 1.57 bits per heavy atom. The van der Waals surface area contributed by atoms with Gasteiger partial charge in [-0.1, -0.05) is 13.5 Å². The van der Waals surface area contributed by atoms with Crippen LogP contribution in [-0.4, -0.2) is 27.3 Å². The Balaban J connectivity index is 0. The summed E-state index contributed by atoms with van der Waals surface area (Å²) in [7, 11) is 0. The van der Waals surface area contributed by atoms with Gasteiger partial charge >= 0.3 is 11.9 Å². The van der Waals surface area contributed by atoms with E-state index >= 15 is 0 Å². The predicted molar refractivity (Wildman–Crippen MR) is 51.1 cm³/mol. The first-order valence-electron chi connectivity index (χ1n) is 3.84. The molecule has 0 heterocycles. The minimum absolute atomic E-state index is 0.176. The maximum absolute atomic E-state index is 9.77. The zero-order valence-electron chi connectivity index (χ0n) is 8.15. The summed E-state index contributed by atoms with van der Waals surface area (Å²) in [6.45, 7) is 6.35. The first kappa shape index (κ1) is 14.7. The van der Waals surface area contributed by atoms with Gasteiger partial charge in [-0.2, -0.15) is 0 Å². The van der Waals surface area contributed by atoms with Crippen molar-refractivity contribution in [1.82, 2.24) is 0 Å². The number of carboxylic acid groups (broad SMARTS) is 2. The van der Waals surface area contributed by atoms with Crippen molar-refractivity contribution in [2.45, 2.75) is 20.3 Å². The molecule has 5 nitrogen and oxygen atoms in total. The van der Waals surface area contributed by atoms with Crippen molar-refractivity contribution in [2.24, 2.45) is 0 Å². The van der Waals surface area contributed by atoms with E-state index in [1.807, 2.05) is 0 Å². The molecule has 14 heavy (non-hydrogen) atoms. The van der Waals surface area contributed by atoms with Crippen molar-refractivity contribution in [2.75, 3.05) is 0 Å². The molecule has 0 aliphatic rings. The monoisotopic (exact) mass is 202 g/mol. The van der Waals surface area contributed by atoms with E-state index in [0.29, 0.717) is 6.42 Å². The van der Waals surface area contributed by atoms with Crippen molar-refractivity contribution in [1.29, 1.82) is 0 Å². The average Bonchev–Trinajstić information content (AvgIpc) is 2.05. The number of aliphatic carboxylic acids is 2. The molecule has 3 N–H and O–H groups in total. The van der Waals surface area contributed by atoms with Crippen molar-refractivity contribution in [3.63, 3.8) is 0 Å². The highest BCUT2D eigenvalue weighted by Crippen LogP contribution is 1.89. The van der Waals surface area contributed by atoms with E-state index in [-0.39, 0.29) is 5.57 Å². The highest BCUT2D eigenvalue weighted by molar-refractivity contribution is 5.84. The highest BCUT2D eigenvalue weighted by atomic mass is 16.4. The minimum Gasteiger partial charge on any atom is -0.502 e. The van der Waals surface area contributed by atoms with Gasteiger partial charge in [0.2, 0.25) is 0 Å². The maximum atomic E-state index is 9.77. The molecular weight excluding hydrogens is 188 g/mol. The Kier molecular flexibility index (Phi) is 8.26. The molecule has 0 amide bonds. The van der Waals surface area contributed by atoms with Gasteiger partial charge in [-0.25, -0.2) is 9.59 Å². The van der Waals surface area contributed by atoms with Crippen LogP contribution in [0.5, 0.6) is 0 Å². The normalized spacial score (nSPS) is 9.71. The van der Waals surface area contributed by atoms with Gasteiger partial charge in [0.25, 0.3) is 0 Å². The molecule has 0 atom stereocenters. The number of aliphatic hydroxyl groups is 1. The predicted octanol–water partition coefficient (Wildman–Crippen LogP) is 1.57. The van der Waals surface area contributed by atoms with Crippen molar-refractivity contribution < 1.29 is 24.9 Å². The number of hydrogen-bond donors (Lipinski definition) is 3. The lowest BCUT2D eigenvalue weighted by atomic mass is 10.4. The van der Waals surface area contributed by atoms with Gasteiger partial charge in [0.15, 0.2) is 5.76 Å². The molecule has 0 saturated carbocycles. The van der Waals surface area contributed by atoms with E-state index in [1.54, 1.807) is 6.92 Å². The number of allylic oxidation sites excluding steroid dienone is 1. The van der Waals surface area contributed by atoms with Crippen LogP contribution < -0.4 is 0 Å². The van der Waals surface area contributed by atoms with Crippen molar-refractivity contribution in [3.05, 3.63) is 24.0 Å².